The van der Waals surface area contributed by atoms with E-state index in [1.54, 1.807) is 17.1 Å². The van der Waals surface area contributed by atoms with E-state index in [9.17, 15) is 0 Å². The second kappa shape index (κ2) is 8.16. The summed E-state index contributed by atoms with van der Waals surface area (Å²) in [4.78, 5) is 6.61. The van der Waals surface area contributed by atoms with Gasteiger partial charge >= 0.3 is 0 Å². The van der Waals surface area contributed by atoms with Crippen LogP contribution in [-0.2, 0) is 5.41 Å². The Morgan fingerprint density at radius 1 is 1.27 bits per heavy atom. The molecule has 0 aliphatic carbocycles. The van der Waals surface area contributed by atoms with E-state index in [-0.39, 0.29) is 5.41 Å². The van der Waals surface area contributed by atoms with Crippen LogP contribution < -0.4 is 4.74 Å². The highest BCUT2D eigenvalue weighted by atomic mass is 16.5. The van der Waals surface area contributed by atoms with Gasteiger partial charge in [-0.2, -0.15) is 0 Å². The molecule has 1 fully saturated rings. The number of aromatic nitrogens is 4. The summed E-state index contributed by atoms with van der Waals surface area (Å²) in [7, 11) is 2.13. The van der Waals surface area contributed by atoms with E-state index in [2.05, 4.69) is 48.0 Å². The van der Waals surface area contributed by atoms with E-state index in [1.807, 2.05) is 12.3 Å². The van der Waals surface area contributed by atoms with E-state index in [0.717, 1.165) is 30.1 Å². The molecule has 1 aliphatic rings. The van der Waals surface area contributed by atoms with Gasteiger partial charge < -0.3 is 4.74 Å². The molecule has 0 saturated carbocycles. The topological polar surface area (TPSA) is 56.1 Å². The van der Waals surface area contributed by atoms with Crippen molar-refractivity contribution in [2.24, 2.45) is 0 Å². The fraction of sp³-hybridized carbons (Fsp3) is 0.650. The Balaban J connectivity index is 1.65. The van der Waals surface area contributed by atoms with Crippen molar-refractivity contribution in [1.29, 1.82) is 0 Å². The molecular weight excluding hydrogens is 326 g/mol. The predicted octanol–water partition coefficient (Wildman–Crippen LogP) is 3.60. The average Bonchev–Trinajstić information content (AvgIpc) is 3.12. The fourth-order valence-electron chi connectivity index (χ4n) is 3.23. The Bertz CT molecular complexity index is 712. The first-order valence-corrected chi connectivity index (χ1v) is 9.71. The van der Waals surface area contributed by atoms with E-state index >= 15 is 0 Å². The van der Waals surface area contributed by atoms with E-state index in [4.69, 9.17) is 4.74 Å². The molecule has 3 heterocycles. The van der Waals surface area contributed by atoms with Crippen LogP contribution >= 0.6 is 0 Å². The fourth-order valence-corrected chi connectivity index (χ4v) is 3.23. The zero-order chi connectivity index (χ0) is 18.6. The second-order valence-corrected chi connectivity index (χ2v) is 8.00. The number of hydrogen-bond donors (Lipinski definition) is 0. The first-order valence-electron chi connectivity index (χ1n) is 9.71. The maximum Gasteiger partial charge on any atom is 0.139 e. The molecule has 1 aliphatic heterocycles. The highest BCUT2D eigenvalue weighted by molar-refractivity contribution is 5.35. The number of likely N-dealkylation sites (tertiary alicyclic amines) is 1. The Morgan fingerprint density at radius 2 is 2.12 bits per heavy atom. The number of hydrogen-bond acceptors (Lipinski definition) is 5. The van der Waals surface area contributed by atoms with Gasteiger partial charge in [0.1, 0.15) is 12.4 Å². The minimum atomic E-state index is 0.0315. The van der Waals surface area contributed by atoms with Crippen LogP contribution in [0.25, 0.3) is 5.69 Å². The Kier molecular flexibility index (Phi) is 5.91. The molecule has 0 aromatic carbocycles. The minimum absolute atomic E-state index is 0.0315. The van der Waals surface area contributed by atoms with Crippen LogP contribution in [0.15, 0.2) is 24.7 Å². The molecule has 26 heavy (non-hydrogen) atoms. The monoisotopic (exact) mass is 357 g/mol. The third kappa shape index (κ3) is 4.41. The van der Waals surface area contributed by atoms with Gasteiger partial charge in [0.25, 0.3) is 0 Å². The van der Waals surface area contributed by atoms with Crippen LogP contribution in [0.1, 0.15) is 58.6 Å². The minimum Gasteiger partial charge on any atom is -0.490 e. The van der Waals surface area contributed by atoms with Crippen LogP contribution in [0.3, 0.4) is 0 Å². The van der Waals surface area contributed by atoms with E-state index < -0.39 is 0 Å². The molecule has 142 valence electrons. The number of nitrogens with zero attached hydrogens (tertiary/aromatic N) is 5. The molecule has 3 rings (SSSR count). The summed E-state index contributed by atoms with van der Waals surface area (Å²) in [6.45, 7) is 8.57. The van der Waals surface area contributed by atoms with Crippen molar-refractivity contribution in [1.82, 2.24) is 24.9 Å². The molecule has 0 bridgehead atoms. The molecule has 2 aromatic heterocycles. The van der Waals surface area contributed by atoms with Gasteiger partial charge in [0.15, 0.2) is 0 Å². The van der Waals surface area contributed by atoms with Gasteiger partial charge in [-0.15, -0.1) is 5.10 Å². The van der Waals surface area contributed by atoms with Gasteiger partial charge in [-0.3, -0.25) is 9.88 Å². The summed E-state index contributed by atoms with van der Waals surface area (Å²) in [5.74, 6) is 0.780. The number of rotatable bonds is 9. The number of ether oxygens (including phenoxy) is 1. The molecule has 0 unspecified atom stereocenters. The highest BCUT2D eigenvalue weighted by Crippen LogP contribution is 2.28. The smallest absolute Gasteiger partial charge is 0.139 e. The van der Waals surface area contributed by atoms with Crippen molar-refractivity contribution in [3.05, 3.63) is 30.4 Å². The lowest BCUT2D eigenvalue weighted by atomic mass is 9.84. The first-order chi connectivity index (χ1) is 12.5. The van der Waals surface area contributed by atoms with Crippen molar-refractivity contribution in [3.8, 4) is 11.4 Å². The number of unbranched alkanes of at least 4 members (excludes halogenated alkanes) is 2. The molecule has 0 amide bonds. The highest BCUT2D eigenvalue weighted by Gasteiger charge is 2.25. The zero-order valence-electron chi connectivity index (χ0n) is 16.5. The van der Waals surface area contributed by atoms with Crippen LogP contribution in [0, 0.1) is 0 Å². The second-order valence-electron chi connectivity index (χ2n) is 8.00. The Hall–Kier alpha value is -1.95. The first kappa shape index (κ1) is 18.8. The van der Waals surface area contributed by atoms with Gasteiger partial charge in [0.2, 0.25) is 0 Å². The molecule has 1 saturated heterocycles. The zero-order valence-corrected chi connectivity index (χ0v) is 16.5. The van der Waals surface area contributed by atoms with Crippen LogP contribution in [0.5, 0.6) is 5.75 Å². The average molecular weight is 358 g/mol. The lowest BCUT2D eigenvalue weighted by Crippen LogP contribution is -2.48. The molecule has 1 atom stereocenters. The molecule has 6 heteroatoms. The normalized spacial score (nSPS) is 17.9. The third-order valence-electron chi connectivity index (χ3n) is 5.44. The lowest BCUT2D eigenvalue weighted by molar-refractivity contribution is 0.0767. The standard InChI is InChI=1S/C20H31N5O/c1-5-6-7-9-20(2,3)19-14-25(23-22-19)17-11-18(13-21-12-17)26-15-16-8-10-24(16)4/h11-14,16H,5-10,15H2,1-4H3/t16-/m0/s1. The molecular formula is C20H31N5O. The SMILES string of the molecule is CCCCCC(C)(C)c1cn(-c2cncc(OC[C@@H]3CCN3C)c2)nn1. The van der Waals surface area contributed by atoms with Crippen molar-refractivity contribution < 1.29 is 4.74 Å². The van der Waals surface area contributed by atoms with Crippen LogP contribution in [0.4, 0.5) is 0 Å². The molecule has 2 aromatic rings. The summed E-state index contributed by atoms with van der Waals surface area (Å²) >= 11 is 0. The van der Waals surface area contributed by atoms with Gasteiger partial charge in [0.05, 0.1) is 30.0 Å². The summed E-state index contributed by atoms with van der Waals surface area (Å²) in [5, 5.41) is 8.74. The summed E-state index contributed by atoms with van der Waals surface area (Å²) < 4.78 is 7.71. The maximum absolute atomic E-state index is 5.92. The van der Waals surface area contributed by atoms with Crippen molar-refractivity contribution in [3.63, 3.8) is 0 Å². The van der Waals surface area contributed by atoms with Crippen molar-refractivity contribution in [2.45, 2.75) is 64.3 Å². The quantitative estimate of drug-likeness (QED) is 0.642. The largest absolute Gasteiger partial charge is 0.490 e. The molecule has 0 spiro atoms. The number of likely N-dealkylation sites (N-methyl/N-ethyl adjacent to an activating group) is 1. The summed E-state index contributed by atoms with van der Waals surface area (Å²) in [5.41, 5.74) is 1.94. The molecule has 0 N–H and O–H groups in total. The maximum atomic E-state index is 5.92. The van der Waals surface area contributed by atoms with Gasteiger partial charge in [-0.05, 0) is 26.4 Å². The third-order valence-corrected chi connectivity index (χ3v) is 5.44. The van der Waals surface area contributed by atoms with Gasteiger partial charge in [0, 0.05) is 17.5 Å². The van der Waals surface area contributed by atoms with E-state index in [1.165, 1.54) is 25.7 Å². The summed E-state index contributed by atoms with van der Waals surface area (Å²) in [6.07, 6.45) is 11.6. The van der Waals surface area contributed by atoms with Crippen molar-refractivity contribution in [2.75, 3.05) is 20.2 Å². The van der Waals surface area contributed by atoms with Gasteiger partial charge in [-0.25, -0.2) is 4.68 Å². The molecule has 6 nitrogen and oxygen atoms in total. The lowest BCUT2D eigenvalue weighted by Gasteiger charge is -2.37. The molecule has 0 radical (unpaired) electrons. The van der Waals surface area contributed by atoms with Crippen molar-refractivity contribution >= 4 is 0 Å². The van der Waals surface area contributed by atoms with E-state index in [0.29, 0.717) is 12.6 Å². The van der Waals surface area contributed by atoms with Crippen LogP contribution in [0.2, 0.25) is 0 Å². The van der Waals surface area contributed by atoms with Crippen LogP contribution in [-0.4, -0.2) is 51.1 Å². The Morgan fingerprint density at radius 3 is 2.81 bits per heavy atom. The summed E-state index contributed by atoms with van der Waals surface area (Å²) in [6, 6.07) is 2.49. The number of pyridine rings is 1. The Labute approximate surface area is 156 Å². The van der Waals surface area contributed by atoms with Gasteiger partial charge in [-0.1, -0.05) is 45.2 Å². The predicted molar refractivity (Wildman–Crippen MR) is 103 cm³/mol.